The Morgan fingerprint density at radius 3 is 2.67 bits per heavy atom. The SMILES string of the molecule is O=C(O)CC1Cn2c(nc3ccccc32)S1(O)c1ccc(Cl)cc1. The maximum Gasteiger partial charge on any atom is 0.304 e. The van der Waals surface area contributed by atoms with Crippen LogP contribution < -0.4 is 0 Å². The summed E-state index contributed by atoms with van der Waals surface area (Å²) >= 11 is 5.96. The standard InChI is InChI=1S/C17H15ClN2O3S/c18-11-5-7-12(8-6-11)24(23)13(9-16(21)22)10-20-15-4-2-1-3-14(15)19-17(20)24/h1-8,13,23H,9-10H2,(H,21,22). The highest BCUT2D eigenvalue weighted by atomic mass is 35.5. The maximum atomic E-state index is 11.6. The summed E-state index contributed by atoms with van der Waals surface area (Å²) in [7, 11) is -2.54. The van der Waals surface area contributed by atoms with Crippen LogP contribution in [0.4, 0.5) is 0 Å². The van der Waals surface area contributed by atoms with E-state index >= 15 is 0 Å². The lowest BCUT2D eigenvalue weighted by Gasteiger charge is -2.33. The number of hydrogen-bond donors (Lipinski definition) is 2. The molecule has 2 heterocycles. The molecule has 7 heteroatoms. The number of hydrogen-bond acceptors (Lipinski definition) is 3. The van der Waals surface area contributed by atoms with Crippen LogP contribution in [-0.2, 0) is 11.3 Å². The van der Waals surface area contributed by atoms with Crippen molar-refractivity contribution in [2.45, 2.75) is 28.3 Å². The van der Waals surface area contributed by atoms with Crippen LogP contribution >= 0.6 is 21.9 Å². The summed E-state index contributed by atoms with van der Waals surface area (Å²) in [6.45, 7) is 0.441. The van der Waals surface area contributed by atoms with Crippen LogP contribution in [0.5, 0.6) is 0 Å². The quantitative estimate of drug-likeness (QED) is 0.730. The van der Waals surface area contributed by atoms with Gasteiger partial charge in [-0.1, -0.05) is 23.7 Å². The molecule has 0 saturated heterocycles. The third kappa shape index (κ3) is 2.22. The summed E-state index contributed by atoms with van der Waals surface area (Å²) in [4.78, 5) is 16.6. The predicted octanol–water partition coefficient (Wildman–Crippen LogP) is 4.24. The zero-order chi connectivity index (χ0) is 16.9. The van der Waals surface area contributed by atoms with Crippen molar-refractivity contribution in [3.8, 4) is 0 Å². The van der Waals surface area contributed by atoms with E-state index in [0.29, 0.717) is 21.6 Å². The zero-order valence-electron chi connectivity index (χ0n) is 12.6. The second-order valence-electron chi connectivity index (χ2n) is 5.79. The summed E-state index contributed by atoms with van der Waals surface area (Å²) in [6.07, 6.45) is -0.105. The average molecular weight is 363 g/mol. The van der Waals surface area contributed by atoms with Gasteiger partial charge < -0.3 is 14.2 Å². The van der Waals surface area contributed by atoms with Crippen LogP contribution in [0, 0.1) is 0 Å². The fourth-order valence-electron chi connectivity index (χ4n) is 3.25. The fraction of sp³-hybridized carbons (Fsp3) is 0.176. The van der Waals surface area contributed by atoms with Crippen LogP contribution in [-0.4, -0.2) is 30.4 Å². The highest BCUT2D eigenvalue weighted by molar-refractivity contribution is 8.29. The van der Waals surface area contributed by atoms with Crippen LogP contribution in [0.25, 0.3) is 11.0 Å². The molecule has 124 valence electrons. The van der Waals surface area contributed by atoms with Gasteiger partial charge >= 0.3 is 5.97 Å². The summed E-state index contributed by atoms with van der Waals surface area (Å²) in [5, 5.41) is 10.0. The van der Waals surface area contributed by atoms with Crippen molar-refractivity contribution in [1.82, 2.24) is 9.55 Å². The Labute approximate surface area is 145 Å². The van der Waals surface area contributed by atoms with Gasteiger partial charge in [0.25, 0.3) is 0 Å². The molecule has 0 aliphatic carbocycles. The molecular weight excluding hydrogens is 348 g/mol. The van der Waals surface area contributed by atoms with E-state index in [0.717, 1.165) is 11.0 Å². The molecular formula is C17H15ClN2O3S. The minimum Gasteiger partial charge on any atom is -0.481 e. The lowest BCUT2D eigenvalue weighted by Crippen LogP contribution is -2.20. The van der Waals surface area contributed by atoms with Crippen molar-refractivity contribution in [2.24, 2.45) is 0 Å². The van der Waals surface area contributed by atoms with Gasteiger partial charge in [0.05, 0.1) is 17.5 Å². The van der Waals surface area contributed by atoms with E-state index in [-0.39, 0.29) is 6.42 Å². The number of nitrogens with zero attached hydrogens (tertiary/aromatic N) is 2. The van der Waals surface area contributed by atoms with E-state index in [9.17, 15) is 14.5 Å². The predicted molar refractivity (Wildman–Crippen MR) is 94.0 cm³/mol. The molecule has 0 amide bonds. The highest BCUT2D eigenvalue weighted by Crippen LogP contribution is 2.67. The molecule has 0 saturated carbocycles. The Kier molecular flexibility index (Phi) is 3.56. The largest absolute Gasteiger partial charge is 0.481 e. The Hall–Kier alpha value is -2.02. The number of fused-ring (bicyclic) bond motifs is 3. The summed E-state index contributed by atoms with van der Waals surface area (Å²) in [6, 6.07) is 14.6. The first-order valence-corrected chi connectivity index (χ1v) is 9.50. The van der Waals surface area contributed by atoms with Gasteiger partial charge in [-0.3, -0.25) is 4.79 Å². The van der Waals surface area contributed by atoms with Gasteiger partial charge in [-0.2, -0.15) is 0 Å². The first-order valence-electron chi connectivity index (χ1n) is 7.47. The van der Waals surface area contributed by atoms with Gasteiger partial charge in [-0.25, -0.2) is 4.98 Å². The Bertz CT molecular complexity index is 941. The molecule has 0 fully saturated rings. The van der Waals surface area contributed by atoms with Crippen LogP contribution in [0.2, 0.25) is 5.02 Å². The van der Waals surface area contributed by atoms with Crippen molar-refractivity contribution in [1.29, 1.82) is 0 Å². The minimum atomic E-state index is -2.54. The molecule has 5 nitrogen and oxygen atoms in total. The third-order valence-corrected chi connectivity index (χ3v) is 7.73. The molecule has 4 rings (SSSR count). The van der Waals surface area contributed by atoms with Gasteiger partial charge in [0, 0.05) is 21.7 Å². The van der Waals surface area contributed by atoms with E-state index in [1.165, 1.54) is 0 Å². The molecule has 2 atom stereocenters. The number of carbonyl (C=O) groups is 1. The number of aliphatic carboxylic acids is 1. The smallest absolute Gasteiger partial charge is 0.304 e. The van der Waals surface area contributed by atoms with Crippen molar-refractivity contribution in [3.63, 3.8) is 0 Å². The lowest BCUT2D eigenvalue weighted by molar-refractivity contribution is -0.137. The third-order valence-electron chi connectivity index (χ3n) is 4.34. The monoisotopic (exact) mass is 362 g/mol. The van der Waals surface area contributed by atoms with E-state index in [4.69, 9.17) is 11.6 Å². The second kappa shape index (κ2) is 5.51. The normalized spacial score (nSPS) is 25.3. The first-order chi connectivity index (χ1) is 11.5. The van der Waals surface area contributed by atoms with Gasteiger partial charge in [0.1, 0.15) is 0 Å². The Morgan fingerprint density at radius 2 is 1.96 bits per heavy atom. The summed E-state index contributed by atoms with van der Waals surface area (Å²) in [5.74, 6) is -0.921. The number of rotatable bonds is 3. The van der Waals surface area contributed by atoms with E-state index < -0.39 is 21.5 Å². The van der Waals surface area contributed by atoms with Gasteiger partial charge in [-0.15, -0.1) is 0 Å². The number of carboxylic acids is 1. The molecule has 0 radical (unpaired) electrons. The fourth-order valence-corrected chi connectivity index (χ4v) is 6.31. The summed E-state index contributed by atoms with van der Waals surface area (Å²) in [5.41, 5.74) is 1.72. The van der Waals surface area contributed by atoms with Gasteiger partial charge in [-0.05, 0) is 46.7 Å². The number of imidazole rings is 1. The maximum absolute atomic E-state index is 11.6. The topological polar surface area (TPSA) is 75.3 Å². The van der Waals surface area contributed by atoms with Gasteiger partial charge in [0.2, 0.25) is 0 Å². The molecule has 2 aromatic carbocycles. The molecule has 1 aromatic heterocycles. The number of carboxylic acid groups (broad SMARTS) is 1. The number of para-hydroxylation sites is 2. The van der Waals surface area contributed by atoms with E-state index in [2.05, 4.69) is 4.98 Å². The van der Waals surface area contributed by atoms with Crippen molar-refractivity contribution in [3.05, 3.63) is 53.6 Å². The molecule has 1 aliphatic rings. The van der Waals surface area contributed by atoms with Gasteiger partial charge in [0.15, 0.2) is 5.16 Å². The molecule has 24 heavy (non-hydrogen) atoms. The second-order valence-corrected chi connectivity index (χ2v) is 8.98. The van der Waals surface area contributed by atoms with Crippen LogP contribution in [0.3, 0.4) is 0 Å². The zero-order valence-corrected chi connectivity index (χ0v) is 14.2. The lowest BCUT2D eigenvalue weighted by atomic mass is 10.3. The molecule has 0 bridgehead atoms. The minimum absolute atomic E-state index is 0.105. The molecule has 2 N–H and O–H groups in total. The molecule has 3 aromatic rings. The average Bonchev–Trinajstić information content (AvgIpc) is 3.04. The molecule has 0 spiro atoms. The van der Waals surface area contributed by atoms with E-state index in [1.807, 2.05) is 28.8 Å². The van der Waals surface area contributed by atoms with Crippen molar-refractivity contribution in [2.75, 3.05) is 0 Å². The Balaban J connectivity index is 1.93. The van der Waals surface area contributed by atoms with Crippen LogP contribution in [0.1, 0.15) is 6.42 Å². The van der Waals surface area contributed by atoms with E-state index in [1.54, 1.807) is 24.3 Å². The van der Waals surface area contributed by atoms with Crippen molar-refractivity contribution < 1.29 is 14.5 Å². The first kappa shape index (κ1) is 15.5. The highest BCUT2D eigenvalue weighted by Gasteiger charge is 2.46. The Morgan fingerprint density at radius 1 is 1.25 bits per heavy atom. The molecule has 2 unspecified atom stereocenters. The molecule has 1 aliphatic heterocycles. The van der Waals surface area contributed by atoms with Crippen molar-refractivity contribution >= 4 is 38.9 Å². The summed E-state index contributed by atoms with van der Waals surface area (Å²) < 4.78 is 13.6. The number of halogens is 1. The number of benzene rings is 2. The van der Waals surface area contributed by atoms with Crippen LogP contribution in [0.15, 0.2) is 58.6 Å². The number of aromatic nitrogens is 2.